The monoisotopic (exact) mass is 223 g/mol. The van der Waals surface area contributed by atoms with Gasteiger partial charge in [-0.15, -0.1) is 0 Å². The third kappa shape index (κ3) is 3.45. The molecular formula is C10H13N3OS. The van der Waals surface area contributed by atoms with Crippen LogP contribution in [0, 0.1) is 0 Å². The van der Waals surface area contributed by atoms with E-state index in [9.17, 15) is 0 Å². The molecule has 2 aromatic heterocycles. The van der Waals surface area contributed by atoms with E-state index in [-0.39, 0.29) is 0 Å². The SMILES string of the molecule is c1c[nH]c(SCCNCc2ccoc2)n1. The summed E-state index contributed by atoms with van der Waals surface area (Å²) in [5.41, 5.74) is 1.18. The van der Waals surface area contributed by atoms with Gasteiger partial charge < -0.3 is 14.7 Å². The summed E-state index contributed by atoms with van der Waals surface area (Å²) in [5.74, 6) is 1.01. The van der Waals surface area contributed by atoms with E-state index in [2.05, 4.69) is 15.3 Å². The van der Waals surface area contributed by atoms with Crippen molar-refractivity contribution in [3.8, 4) is 0 Å². The molecule has 0 fully saturated rings. The number of hydrogen-bond acceptors (Lipinski definition) is 4. The Morgan fingerprint density at radius 3 is 3.27 bits per heavy atom. The standard InChI is InChI=1S/C10H13N3OS/c1-5-14-8-9(1)7-11-4-6-15-10-12-2-3-13-10/h1-3,5,8,11H,4,6-7H2,(H,12,13). The minimum absolute atomic E-state index is 0.856. The van der Waals surface area contributed by atoms with Crippen molar-refractivity contribution in [3.05, 3.63) is 36.5 Å². The first-order valence-electron chi connectivity index (χ1n) is 4.79. The zero-order valence-corrected chi connectivity index (χ0v) is 9.09. The van der Waals surface area contributed by atoms with Gasteiger partial charge in [-0.1, -0.05) is 11.8 Å². The number of aromatic amines is 1. The molecule has 4 nitrogen and oxygen atoms in total. The molecule has 0 unspecified atom stereocenters. The summed E-state index contributed by atoms with van der Waals surface area (Å²) >= 11 is 1.71. The second-order valence-corrected chi connectivity index (χ2v) is 4.13. The summed E-state index contributed by atoms with van der Waals surface area (Å²) in [6.45, 7) is 1.81. The molecule has 2 heterocycles. The highest BCUT2D eigenvalue weighted by Crippen LogP contribution is 2.09. The Kier molecular flexibility index (Phi) is 3.87. The molecule has 0 saturated carbocycles. The molecule has 5 heteroatoms. The van der Waals surface area contributed by atoms with Crippen LogP contribution in [-0.2, 0) is 6.54 Å². The Hall–Kier alpha value is -1.20. The number of thioether (sulfide) groups is 1. The first-order valence-corrected chi connectivity index (χ1v) is 5.77. The van der Waals surface area contributed by atoms with E-state index in [1.807, 2.05) is 12.3 Å². The smallest absolute Gasteiger partial charge is 0.165 e. The molecule has 2 rings (SSSR count). The summed E-state index contributed by atoms with van der Waals surface area (Å²) < 4.78 is 4.97. The second-order valence-electron chi connectivity index (χ2n) is 3.05. The number of H-pyrrole nitrogens is 1. The lowest BCUT2D eigenvalue weighted by Gasteiger charge is -2.00. The lowest BCUT2D eigenvalue weighted by molar-refractivity contribution is 0.561. The average Bonchev–Trinajstić information content (AvgIpc) is 2.88. The highest BCUT2D eigenvalue weighted by atomic mass is 32.2. The van der Waals surface area contributed by atoms with Crippen LogP contribution in [0.15, 0.2) is 40.6 Å². The zero-order valence-electron chi connectivity index (χ0n) is 8.27. The van der Waals surface area contributed by atoms with Crippen LogP contribution in [-0.4, -0.2) is 22.3 Å². The van der Waals surface area contributed by atoms with Gasteiger partial charge in [0, 0.05) is 36.8 Å². The molecule has 0 atom stereocenters. The second kappa shape index (κ2) is 5.63. The maximum atomic E-state index is 4.97. The molecule has 0 radical (unpaired) electrons. The summed E-state index contributed by atoms with van der Waals surface area (Å²) in [7, 11) is 0. The molecule has 0 amide bonds. The van der Waals surface area contributed by atoms with E-state index in [4.69, 9.17) is 4.42 Å². The van der Waals surface area contributed by atoms with E-state index in [0.29, 0.717) is 0 Å². The van der Waals surface area contributed by atoms with Crippen molar-refractivity contribution in [1.82, 2.24) is 15.3 Å². The Bertz CT molecular complexity index is 322. The lowest BCUT2D eigenvalue weighted by atomic mass is 10.3. The predicted molar refractivity (Wildman–Crippen MR) is 59.7 cm³/mol. The average molecular weight is 223 g/mol. The number of furan rings is 1. The molecule has 80 valence electrons. The first-order chi connectivity index (χ1) is 7.45. The maximum absolute atomic E-state index is 4.97. The third-order valence-corrected chi connectivity index (χ3v) is 2.80. The van der Waals surface area contributed by atoms with Crippen molar-refractivity contribution in [2.24, 2.45) is 0 Å². The van der Waals surface area contributed by atoms with Crippen LogP contribution in [0.4, 0.5) is 0 Å². The largest absolute Gasteiger partial charge is 0.472 e. The number of nitrogens with zero attached hydrogens (tertiary/aromatic N) is 1. The van der Waals surface area contributed by atoms with E-state index >= 15 is 0 Å². The minimum Gasteiger partial charge on any atom is -0.472 e. The molecule has 15 heavy (non-hydrogen) atoms. The van der Waals surface area contributed by atoms with E-state index in [1.54, 1.807) is 30.5 Å². The van der Waals surface area contributed by atoms with Crippen molar-refractivity contribution >= 4 is 11.8 Å². The van der Waals surface area contributed by atoms with Crippen LogP contribution in [0.3, 0.4) is 0 Å². The van der Waals surface area contributed by atoms with Gasteiger partial charge in [0.2, 0.25) is 0 Å². The normalized spacial score (nSPS) is 10.7. The number of aromatic nitrogens is 2. The summed E-state index contributed by atoms with van der Waals surface area (Å²) in [6, 6.07) is 1.96. The fourth-order valence-corrected chi connectivity index (χ4v) is 1.90. The van der Waals surface area contributed by atoms with Crippen LogP contribution in [0.2, 0.25) is 0 Å². The Balaban J connectivity index is 1.56. The van der Waals surface area contributed by atoms with Gasteiger partial charge in [-0.3, -0.25) is 0 Å². The molecule has 0 saturated heterocycles. The van der Waals surface area contributed by atoms with Crippen LogP contribution in [0.1, 0.15) is 5.56 Å². The summed E-state index contributed by atoms with van der Waals surface area (Å²) in [5, 5.41) is 4.30. The fraction of sp³-hybridized carbons (Fsp3) is 0.300. The molecule has 0 aromatic carbocycles. The molecule has 0 bridgehead atoms. The van der Waals surface area contributed by atoms with E-state index in [1.165, 1.54) is 5.56 Å². The van der Waals surface area contributed by atoms with Crippen LogP contribution < -0.4 is 5.32 Å². The molecule has 0 aliphatic carbocycles. The van der Waals surface area contributed by atoms with Gasteiger partial charge in [-0.05, 0) is 6.07 Å². The van der Waals surface area contributed by atoms with E-state index < -0.39 is 0 Å². The fourth-order valence-electron chi connectivity index (χ4n) is 1.18. The quantitative estimate of drug-likeness (QED) is 0.580. The number of hydrogen-bond donors (Lipinski definition) is 2. The summed E-state index contributed by atoms with van der Waals surface area (Å²) in [6.07, 6.45) is 7.05. The highest BCUT2D eigenvalue weighted by Gasteiger charge is 1.96. The van der Waals surface area contributed by atoms with Crippen molar-refractivity contribution < 1.29 is 4.42 Å². The van der Waals surface area contributed by atoms with Crippen molar-refractivity contribution in [2.75, 3.05) is 12.3 Å². The highest BCUT2D eigenvalue weighted by molar-refractivity contribution is 7.99. The van der Waals surface area contributed by atoms with Crippen molar-refractivity contribution in [2.45, 2.75) is 11.7 Å². The first kappa shape index (κ1) is 10.3. The third-order valence-electron chi connectivity index (χ3n) is 1.90. The van der Waals surface area contributed by atoms with Gasteiger partial charge >= 0.3 is 0 Å². The molecule has 0 spiro atoms. The van der Waals surface area contributed by atoms with Gasteiger partial charge in [0.25, 0.3) is 0 Å². The zero-order chi connectivity index (χ0) is 10.3. The van der Waals surface area contributed by atoms with Gasteiger partial charge in [-0.25, -0.2) is 4.98 Å². The van der Waals surface area contributed by atoms with Gasteiger partial charge in [0.1, 0.15) is 0 Å². The number of imidazole rings is 1. The molecule has 2 aromatic rings. The molecule has 2 N–H and O–H groups in total. The number of nitrogens with one attached hydrogen (secondary N) is 2. The Morgan fingerprint density at radius 2 is 2.53 bits per heavy atom. The Morgan fingerprint density at radius 1 is 1.53 bits per heavy atom. The van der Waals surface area contributed by atoms with Crippen LogP contribution in [0.25, 0.3) is 0 Å². The maximum Gasteiger partial charge on any atom is 0.165 e. The predicted octanol–water partition coefficient (Wildman–Crippen LogP) is 1.88. The van der Waals surface area contributed by atoms with Gasteiger partial charge in [0.15, 0.2) is 5.16 Å². The van der Waals surface area contributed by atoms with E-state index in [0.717, 1.165) is 24.0 Å². The van der Waals surface area contributed by atoms with Crippen LogP contribution in [0.5, 0.6) is 0 Å². The molecular weight excluding hydrogens is 210 g/mol. The van der Waals surface area contributed by atoms with Crippen LogP contribution >= 0.6 is 11.8 Å². The van der Waals surface area contributed by atoms with Crippen molar-refractivity contribution in [3.63, 3.8) is 0 Å². The van der Waals surface area contributed by atoms with Gasteiger partial charge in [-0.2, -0.15) is 0 Å². The minimum atomic E-state index is 0.856. The lowest BCUT2D eigenvalue weighted by Crippen LogP contribution is -2.16. The van der Waals surface area contributed by atoms with Gasteiger partial charge in [0.05, 0.1) is 12.5 Å². The molecule has 0 aliphatic heterocycles. The topological polar surface area (TPSA) is 53.9 Å². The molecule has 0 aliphatic rings. The van der Waals surface area contributed by atoms with Crippen molar-refractivity contribution in [1.29, 1.82) is 0 Å². The number of rotatable bonds is 6. The Labute approximate surface area is 92.5 Å². The summed E-state index contributed by atoms with van der Waals surface area (Å²) in [4.78, 5) is 7.18.